The van der Waals surface area contributed by atoms with Gasteiger partial charge in [0.15, 0.2) is 5.41 Å². The van der Waals surface area contributed by atoms with Crippen molar-refractivity contribution in [1.29, 1.82) is 5.26 Å². The normalized spacial score (nSPS) is 12.9. The van der Waals surface area contributed by atoms with Crippen molar-refractivity contribution in [2.75, 3.05) is 0 Å². The summed E-state index contributed by atoms with van der Waals surface area (Å²) >= 11 is 1.61. The lowest BCUT2D eigenvalue weighted by Crippen LogP contribution is -2.30. The van der Waals surface area contributed by atoms with Crippen LogP contribution in [-0.2, 0) is 11.2 Å². The molecule has 2 rings (SSSR count). The van der Waals surface area contributed by atoms with Crippen LogP contribution in [0.3, 0.4) is 0 Å². The molecule has 0 aliphatic rings. The molecule has 0 saturated heterocycles. The number of nitriles is 1. The lowest BCUT2D eigenvalue weighted by atomic mass is 9.87. The maximum atomic E-state index is 12.4. The Labute approximate surface area is 178 Å². The second-order valence-corrected chi connectivity index (χ2v) is 8.69. The largest absolute Gasteiger partial charge is 0.425 e. The first-order valence-corrected chi connectivity index (χ1v) is 11.4. The smallest absolute Gasteiger partial charge is 0.331 e. The van der Waals surface area contributed by atoms with Crippen molar-refractivity contribution in [3.05, 3.63) is 29.3 Å². The van der Waals surface area contributed by atoms with E-state index in [2.05, 4.69) is 23.2 Å². The molecule has 0 aliphatic carbocycles. The average molecular weight is 414 g/mol. The predicted molar refractivity (Wildman–Crippen MR) is 117 cm³/mol. The molecule has 0 N–H and O–H groups in total. The Morgan fingerprint density at radius 3 is 2.41 bits per heavy atom. The minimum atomic E-state index is -1.11. The highest BCUT2D eigenvalue weighted by Gasteiger charge is 2.34. The van der Waals surface area contributed by atoms with Gasteiger partial charge in [-0.2, -0.15) is 5.26 Å². The molecule has 1 unspecified atom stereocenters. The van der Waals surface area contributed by atoms with Crippen LogP contribution in [0, 0.1) is 16.7 Å². The van der Waals surface area contributed by atoms with Gasteiger partial charge in [-0.3, -0.25) is 0 Å². The molecule has 5 nitrogen and oxygen atoms in total. The monoisotopic (exact) mass is 413 g/mol. The average Bonchev–Trinajstić information content (AvgIpc) is 3.21. The summed E-state index contributed by atoms with van der Waals surface area (Å²) in [6.07, 6.45) is 9.45. The van der Waals surface area contributed by atoms with Crippen molar-refractivity contribution < 1.29 is 9.53 Å². The number of rotatable bonds is 12. The summed E-state index contributed by atoms with van der Waals surface area (Å²) in [5.41, 5.74) is -0.159. The topological polar surface area (TPSA) is 75.9 Å². The zero-order valence-electron chi connectivity index (χ0n) is 17.7. The van der Waals surface area contributed by atoms with Crippen molar-refractivity contribution in [2.45, 2.75) is 78.6 Å². The third-order valence-electron chi connectivity index (χ3n) is 5.00. The number of carbonyl (C=O) groups excluding carboxylic acids is 1. The predicted octanol–water partition coefficient (Wildman–Crippen LogP) is 6.34. The fourth-order valence-corrected chi connectivity index (χ4v) is 3.86. The van der Waals surface area contributed by atoms with Crippen LogP contribution in [0.1, 0.15) is 77.1 Å². The van der Waals surface area contributed by atoms with E-state index in [9.17, 15) is 10.1 Å². The molecule has 0 spiro atoms. The molecule has 2 aromatic rings. The molecule has 156 valence electrons. The number of benzene rings is 1. The van der Waals surface area contributed by atoms with Crippen LogP contribution in [0.4, 0.5) is 0 Å². The van der Waals surface area contributed by atoms with Gasteiger partial charge in [0.1, 0.15) is 15.8 Å². The van der Waals surface area contributed by atoms with Crippen LogP contribution in [0.15, 0.2) is 24.3 Å². The van der Waals surface area contributed by atoms with E-state index in [1.54, 1.807) is 30.4 Å². The summed E-state index contributed by atoms with van der Waals surface area (Å²) in [7, 11) is 0. The molecule has 6 heteroatoms. The first kappa shape index (κ1) is 23.0. The molecule has 1 aromatic heterocycles. The van der Waals surface area contributed by atoms with Crippen LogP contribution in [0.2, 0.25) is 0 Å². The molecule has 1 atom stereocenters. The van der Waals surface area contributed by atoms with Crippen LogP contribution in [-0.4, -0.2) is 16.2 Å². The van der Waals surface area contributed by atoms with Gasteiger partial charge in [0.05, 0.1) is 6.07 Å². The number of aryl methyl sites for hydroxylation is 1. The van der Waals surface area contributed by atoms with Crippen LogP contribution in [0.25, 0.3) is 10.6 Å². The minimum absolute atomic E-state index is 0.442. The molecule has 29 heavy (non-hydrogen) atoms. The standard InChI is InChI=1S/C23H31N3O2S/c1-4-6-8-9-10-11-20-25-26-21(29-20)18-12-14-19(15-13-18)28-22(27)23(3,17-24)16-7-5-2/h12-15H,4-11,16H2,1-3H3. The fraction of sp³-hybridized carbons (Fsp3) is 0.565. The minimum Gasteiger partial charge on any atom is -0.425 e. The van der Waals surface area contributed by atoms with E-state index in [1.807, 2.05) is 19.1 Å². The molecule has 0 amide bonds. The number of esters is 1. The number of hydrogen-bond acceptors (Lipinski definition) is 6. The number of ether oxygens (including phenoxy) is 1. The Bertz CT molecular complexity index is 810. The maximum Gasteiger partial charge on any atom is 0.331 e. The highest BCUT2D eigenvalue weighted by molar-refractivity contribution is 7.14. The van der Waals surface area contributed by atoms with E-state index in [0.717, 1.165) is 41.3 Å². The number of nitrogens with zero attached hydrogens (tertiary/aromatic N) is 3. The second kappa shape index (κ2) is 11.7. The first-order chi connectivity index (χ1) is 14.0. The Morgan fingerprint density at radius 1 is 1.07 bits per heavy atom. The molecular formula is C23H31N3O2S. The quantitative estimate of drug-likeness (QED) is 0.230. The third-order valence-corrected chi connectivity index (χ3v) is 6.03. The third kappa shape index (κ3) is 6.93. The molecule has 1 aromatic carbocycles. The van der Waals surface area contributed by atoms with Gasteiger partial charge in [-0.05, 0) is 44.0 Å². The Morgan fingerprint density at radius 2 is 1.76 bits per heavy atom. The summed E-state index contributed by atoms with van der Waals surface area (Å²) < 4.78 is 5.45. The molecule has 0 fully saturated rings. The van der Waals surface area contributed by atoms with E-state index in [0.29, 0.717) is 12.2 Å². The van der Waals surface area contributed by atoms with Crippen molar-refractivity contribution >= 4 is 17.3 Å². The lowest BCUT2D eigenvalue weighted by molar-refractivity contribution is -0.142. The number of hydrogen-bond donors (Lipinski definition) is 0. The van der Waals surface area contributed by atoms with Gasteiger partial charge in [0.2, 0.25) is 0 Å². The highest BCUT2D eigenvalue weighted by atomic mass is 32.1. The summed E-state index contributed by atoms with van der Waals surface area (Å²) in [5, 5.41) is 19.9. The van der Waals surface area contributed by atoms with E-state index in [4.69, 9.17) is 4.74 Å². The van der Waals surface area contributed by atoms with Gasteiger partial charge in [0, 0.05) is 12.0 Å². The number of aromatic nitrogens is 2. The van der Waals surface area contributed by atoms with Gasteiger partial charge >= 0.3 is 5.97 Å². The Balaban J connectivity index is 1.93. The fourth-order valence-electron chi connectivity index (χ4n) is 2.97. The maximum absolute atomic E-state index is 12.4. The molecule has 1 heterocycles. The van der Waals surface area contributed by atoms with Crippen LogP contribution >= 0.6 is 11.3 Å². The van der Waals surface area contributed by atoms with E-state index < -0.39 is 11.4 Å². The summed E-state index contributed by atoms with van der Waals surface area (Å²) in [5.74, 6) is -0.0557. The van der Waals surface area contributed by atoms with Crippen LogP contribution < -0.4 is 4.74 Å². The van der Waals surface area contributed by atoms with Gasteiger partial charge in [-0.1, -0.05) is 63.7 Å². The highest BCUT2D eigenvalue weighted by Crippen LogP contribution is 2.29. The molecule has 0 radical (unpaired) electrons. The number of carbonyl (C=O) groups is 1. The second-order valence-electron chi connectivity index (χ2n) is 7.63. The van der Waals surface area contributed by atoms with Crippen LogP contribution in [0.5, 0.6) is 5.75 Å². The van der Waals surface area contributed by atoms with E-state index >= 15 is 0 Å². The lowest BCUT2D eigenvalue weighted by Gasteiger charge is -2.19. The number of unbranched alkanes of at least 4 members (excludes halogenated alkanes) is 5. The van der Waals surface area contributed by atoms with Gasteiger partial charge in [0.25, 0.3) is 0 Å². The molecule has 0 saturated carbocycles. The Hall–Kier alpha value is -2.26. The van der Waals surface area contributed by atoms with Crippen molar-refractivity contribution in [3.63, 3.8) is 0 Å². The van der Waals surface area contributed by atoms with E-state index in [1.165, 1.54) is 25.7 Å². The Kier molecular flexibility index (Phi) is 9.27. The van der Waals surface area contributed by atoms with Gasteiger partial charge in [-0.25, -0.2) is 4.79 Å². The van der Waals surface area contributed by atoms with Gasteiger partial charge in [-0.15, -0.1) is 10.2 Å². The summed E-state index contributed by atoms with van der Waals surface area (Å²) in [4.78, 5) is 12.4. The summed E-state index contributed by atoms with van der Waals surface area (Å²) in [6, 6.07) is 9.36. The van der Waals surface area contributed by atoms with Crippen molar-refractivity contribution in [2.24, 2.45) is 5.41 Å². The zero-order valence-corrected chi connectivity index (χ0v) is 18.6. The SMILES string of the molecule is CCCCCCCc1nnc(-c2ccc(OC(=O)C(C)(C#N)CCCC)cc2)s1. The molecule has 0 aliphatic heterocycles. The van der Waals surface area contributed by atoms with Crippen molar-refractivity contribution in [3.8, 4) is 22.4 Å². The zero-order chi connectivity index (χ0) is 21.1. The molecular weight excluding hydrogens is 382 g/mol. The first-order valence-electron chi connectivity index (χ1n) is 10.6. The summed E-state index contributed by atoms with van der Waals surface area (Å²) in [6.45, 7) is 5.90. The molecule has 0 bridgehead atoms. The van der Waals surface area contributed by atoms with Crippen molar-refractivity contribution in [1.82, 2.24) is 10.2 Å². The van der Waals surface area contributed by atoms with Gasteiger partial charge < -0.3 is 4.74 Å². The van der Waals surface area contributed by atoms with E-state index in [-0.39, 0.29) is 0 Å².